The first-order valence-electron chi connectivity index (χ1n) is 6.19. The van der Waals surface area contributed by atoms with Crippen molar-refractivity contribution in [2.24, 2.45) is 5.41 Å². The Balaban J connectivity index is 0.000000531. The Hall–Kier alpha value is -0.120. The van der Waals surface area contributed by atoms with E-state index in [1.54, 1.807) is 0 Å². The Morgan fingerprint density at radius 1 is 1.40 bits per heavy atom. The van der Waals surface area contributed by atoms with E-state index in [2.05, 4.69) is 11.8 Å². The van der Waals surface area contributed by atoms with E-state index in [9.17, 15) is 5.11 Å². The standard InChI is InChI=1S/C10H19NO2.C2H6/c1-9-6-11(4-5-13-9)7-10(8-12)2-3-10;1-2/h9,12H,2-8H2,1H3;1-2H3/t9-;/m1./s1. The van der Waals surface area contributed by atoms with Gasteiger partial charge in [-0.15, -0.1) is 0 Å². The van der Waals surface area contributed by atoms with E-state index in [0.717, 1.165) is 26.2 Å². The maximum Gasteiger partial charge on any atom is 0.0674 e. The second kappa shape index (κ2) is 5.83. The van der Waals surface area contributed by atoms with Crippen molar-refractivity contribution >= 4 is 0 Å². The summed E-state index contributed by atoms with van der Waals surface area (Å²) in [6, 6.07) is 0. The number of rotatable bonds is 3. The van der Waals surface area contributed by atoms with Gasteiger partial charge < -0.3 is 9.84 Å². The molecule has 2 fully saturated rings. The second-order valence-electron chi connectivity index (χ2n) is 4.57. The molecule has 90 valence electrons. The van der Waals surface area contributed by atoms with Gasteiger partial charge in [0.15, 0.2) is 0 Å². The molecule has 0 aromatic heterocycles. The molecule has 1 saturated carbocycles. The fourth-order valence-electron chi connectivity index (χ4n) is 2.05. The zero-order valence-corrected chi connectivity index (χ0v) is 10.3. The Bertz CT molecular complexity index is 180. The minimum Gasteiger partial charge on any atom is -0.396 e. The molecule has 0 aromatic carbocycles. The summed E-state index contributed by atoms with van der Waals surface area (Å²) < 4.78 is 5.47. The molecular weight excluding hydrogens is 190 g/mol. The summed E-state index contributed by atoms with van der Waals surface area (Å²) in [5, 5.41) is 9.20. The molecule has 3 heteroatoms. The summed E-state index contributed by atoms with van der Waals surface area (Å²) in [4.78, 5) is 2.43. The molecule has 15 heavy (non-hydrogen) atoms. The van der Waals surface area contributed by atoms with E-state index in [1.165, 1.54) is 12.8 Å². The highest BCUT2D eigenvalue weighted by Crippen LogP contribution is 2.45. The quantitative estimate of drug-likeness (QED) is 0.774. The normalized spacial score (nSPS) is 29.2. The summed E-state index contributed by atoms with van der Waals surface area (Å²) in [5.74, 6) is 0. The molecule has 1 atom stereocenters. The van der Waals surface area contributed by atoms with Crippen LogP contribution in [0.3, 0.4) is 0 Å². The van der Waals surface area contributed by atoms with Crippen LogP contribution in [0.15, 0.2) is 0 Å². The molecule has 0 unspecified atom stereocenters. The SMILES string of the molecule is CC.C[C@@H]1CN(CC2(CO)CC2)CCO1. The third-order valence-corrected chi connectivity index (χ3v) is 3.18. The van der Waals surface area contributed by atoms with Gasteiger partial charge in [-0.1, -0.05) is 13.8 Å². The lowest BCUT2D eigenvalue weighted by Gasteiger charge is -2.33. The lowest BCUT2D eigenvalue weighted by atomic mass is 10.1. The highest BCUT2D eigenvalue weighted by molar-refractivity contribution is 4.95. The number of hydrogen-bond donors (Lipinski definition) is 1. The molecule has 1 heterocycles. The van der Waals surface area contributed by atoms with E-state index in [-0.39, 0.29) is 5.41 Å². The van der Waals surface area contributed by atoms with E-state index in [0.29, 0.717) is 12.7 Å². The highest BCUT2D eigenvalue weighted by Gasteiger charge is 2.43. The monoisotopic (exact) mass is 215 g/mol. The van der Waals surface area contributed by atoms with E-state index >= 15 is 0 Å². The summed E-state index contributed by atoms with van der Waals surface area (Å²) in [5.41, 5.74) is 0.261. The van der Waals surface area contributed by atoms with Crippen LogP contribution in [0.5, 0.6) is 0 Å². The lowest BCUT2D eigenvalue weighted by Crippen LogP contribution is -2.44. The largest absolute Gasteiger partial charge is 0.396 e. The third kappa shape index (κ3) is 3.74. The van der Waals surface area contributed by atoms with Crippen molar-refractivity contribution in [3.63, 3.8) is 0 Å². The predicted octanol–water partition coefficient (Wildman–Crippen LogP) is 1.51. The zero-order chi connectivity index (χ0) is 11.3. The van der Waals surface area contributed by atoms with Crippen molar-refractivity contribution in [1.29, 1.82) is 0 Å². The molecule has 1 saturated heterocycles. The summed E-state index contributed by atoms with van der Waals surface area (Å²) in [6.07, 6.45) is 2.77. The minimum absolute atomic E-state index is 0.261. The van der Waals surface area contributed by atoms with Crippen LogP contribution in [0.1, 0.15) is 33.6 Å². The topological polar surface area (TPSA) is 32.7 Å². The van der Waals surface area contributed by atoms with Crippen LogP contribution in [-0.4, -0.2) is 49.0 Å². The number of aliphatic hydroxyl groups is 1. The van der Waals surface area contributed by atoms with Gasteiger partial charge >= 0.3 is 0 Å². The first-order valence-corrected chi connectivity index (χ1v) is 6.19. The summed E-state index contributed by atoms with van der Waals surface area (Å²) in [7, 11) is 0. The Labute approximate surface area is 93.4 Å². The number of morpholine rings is 1. The van der Waals surface area contributed by atoms with E-state index < -0.39 is 0 Å². The molecule has 0 bridgehead atoms. The molecule has 2 aliphatic rings. The van der Waals surface area contributed by atoms with Crippen LogP contribution in [-0.2, 0) is 4.74 Å². The Morgan fingerprint density at radius 3 is 2.53 bits per heavy atom. The van der Waals surface area contributed by atoms with Gasteiger partial charge in [-0.3, -0.25) is 4.90 Å². The summed E-state index contributed by atoms with van der Waals surface area (Å²) >= 11 is 0. The third-order valence-electron chi connectivity index (χ3n) is 3.18. The van der Waals surface area contributed by atoms with Gasteiger partial charge in [0.25, 0.3) is 0 Å². The second-order valence-corrected chi connectivity index (χ2v) is 4.57. The molecule has 0 spiro atoms. The maximum atomic E-state index is 9.20. The average molecular weight is 215 g/mol. The highest BCUT2D eigenvalue weighted by atomic mass is 16.5. The molecule has 1 aliphatic heterocycles. The Morgan fingerprint density at radius 2 is 2.07 bits per heavy atom. The molecular formula is C12H25NO2. The van der Waals surface area contributed by atoms with Gasteiger partial charge in [-0.2, -0.15) is 0 Å². The molecule has 0 amide bonds. The van der Waals surface area contributed by atoms with Gasteiger partial charge in [-0.05, 0) is 19.8 Å². The van der Waals surface area contributed by atoms with Gasteiger partial charge in [0.1, 0.15) is 0 Å². The molecule has 1 aliphatic carbocycles. The van der Waals surface area contributed by atoms with E-state index in [4.69, 9.17) is 4.74 Å². The predicted molar refractivity (Wildman–Crippen MR) is 62.0 cm³/mol. The number of aliphatic hydroxyl groups excluding tert-OH is 1. The van der Waals surface area contributed by atoms with Crippen LogP contribution < -0.4 is 0 Å². The number of hydrogen-bond acceptors (Lipinski definition) is 3. The lowest BCUT2D eigenvalue weighted by molar-refractivity contribution is -0.0278. The van der Waals surface area contributed by atoms with Crippen LogP contribution in [0.25, 0.3) is 0 Å². The number of ether oxygens (including phenoxy) is 1. The van der Waals surface area contributed by atoms with Crippen LogP contribution in [0.2, 0.25) is 0 Å². The minimum atomic E-state index is 0.261. The van der Waals surface area contributed by atoms with Gasteiger partial charge in [-0.25, -0.2) is 0 Å². The molecule has 0 radical (unpaired) electrons. The van der Waals surface area contributed by atoms with E-state index in [1.807, 2.05) is 13.8 Å². The van der Waals surface area contributed by atoms with Gasteiger partial charge in [0, 0.05) is 31.7 Å². The van der Waals surface area contributed by atoms with Gasteiger partial charge in [0.05, 0.1) is 12.7 Å². The van der Waals surface area contributed by atoms with Crippen molar-refractivity contribution in [2.75, 3.05) is 32.8 Å². The maximum absolute atomic E-state index is 9.20. The van der Waals surface area contributed by atoms with Crippen molar-refractivity contribution in [3.05, 3.63) is 0 Å². The molecule has 2 rings (SSSR count). The van der Waals surface area contributed by atoms with Crippen molar-refractivity contribution in [3.8, 4) is 0 Å². The van der Waals surface area contributed by atoms with Crippen molar-refractivity contribution < 1.29 is 9.84 Å². The molecule has 3 nitrogen and oxygen atoms in total. The fourth-order valence-corrected chi connectivity index (χ4v) is 2.05. The summed E-state index contributed by atoms with van der Waals surface area (Å²) in [6.45, 7) is 10.5. The molecule has 0 aromatic rings. The van der Waals surface area contributed by atoms with Crippen molar-refractivity contribution in [1.82, 2.24) is 4.90 Å². The smallest absolute Gasteiger partial charge is 0.0674 e. The van der Waals surface area contributed by atoms with Gasteiger partial charge in [0.2, 0.25) is 0 Å². The fraction of sp³-hybridized carbons (Fsp3) is 1.00. The first-order chi connectivity index (χ1) is 7.24. The van der Waals surface area contributed by atoms with Crippen LogP contribution in [0, 0.1) is 5.41 Å². The zero-order valence-electron chi connectivity index (χ0n) is 10.3. The van der Waals surface area contributed by atoms with Crippen LogP contribution in [0.4, 0.5) is 0 Å². The molecule has 1 N–H and O–H groups in total. The Kier molecular flexibility index (Phi) is 5.03. The average Bonchev–Trinajstić information content (AvgIpc) is 3.02. The first kappa shape index (κ1) is 12.9. The van der Waals surface area contributed by atoms with Crippen LogP contribution >= 0.6 is 0 Å². The number of nitrogens with zero attached hydrogens (tertiary/aromatic N) is 1. The van der Waals surface area contributed by atoms with Crippen molar-refractivity contribution in [2.45, 2.75) is 39.7 Å².